The van der Waals surface area contributed by atoms with Crippen molar-refractivity contribution in [2.75, 3.05) is 18.8 Å². The van der Waals surface area contributed by atoms with E-state index in [0.29, 0.717) is 13.0 Å². The molecule has 1 saturated heterocycles. The number of non-ortho nitro benzene ring substituents is 1. The second kappa shape index (κ2) is 4.51. The monoisotopic (exact) mass is 265 g/mol. The summed E-state index contributed by atoms with van der Waals surface area (Å²) in [6.45, 7) is 2.26. The summed E-state index contributed by atoms with van der Waals surface area (Å²) in [4.78, 5) is 23.8. The number of nitrogens with zero attached hydrogens (tertiary/aromatic N) is 2. The average Bonchev–Trinajstić information content (AvgIpc) is 2.69. The summed E-state index contributed by atoms with van der Waals surface area (Å²) in [6, 6.07) is 3.77. The third-order valence-corrected chi connectivity index (χ3v) is 3.22. The van der Waals surface area contributed by atoms with Crippen molar-refractivity contribution in [2.24, 2.45) is 0 Å². The van der Waals surface area contributed by atoms with Gasteiger partial charge in [-0.25, -0.2) is 0 Å². The molecule has 102 valence electrons. The third-order valence-electron chi connectivity index (χ3n) is 3.22. The summed E-state index contributed by atoms with van der Waals surface area (Å²) in [5.74, 6) is -0.390. The number of nitro benzene ring substituents is 1. The molecule has 1 aromatic rings. The predicted octanol–water partition coefficient (Wildman–Crippen LogP) is 0.774. The Kier molecular flexibility index (Phi) is 3.15. The number of benzene rings is 1. The Bertz CT molecular complexity index is 542. The number of β-amino-alcohol motifs (C(OH)–C–C–N with tert-alkyl or cyclic N) is 1. The smallest absolute Gasteiger partial charge is 0.270 e. The van der Waals surface area contributed by atoms with E-state index in [1.165, 1.54) is 23.1 Å². The van der Waals surface area contributed by atoms with E-state index < -0.39 is 10.5 Å². The number of rotatable bonds is 2. The molecule has 0 radical (unpaired) electrons. The van der Waals surface area contributed by atoms with Gasteiger partial charge in [-0.15, -0.1) is 0 Å². The zero-order valence-corrected chi connectivity index (χ0v) is 10.5. The third kappa shape index (κ3) is 2.65. The molecule has 0 spiro atoms. The Balaban J connectivity index is 2.29. The lowest BCUT2D eigenvalue weighted by Crippen LogP contribution is -2.34. The number of hydrogen-bond acceptors (Lipinski definition) is 5. The fourth-order valence-electron chi connectivity index (χ4n) is 2.13. The van der Waals surface area contributed by atoms with Crippen molar-refractivity contribution in [2.45, 2.75) is 18.9 Å². The molecule has 3 N–H and O–H groups in total. The van der Waals surface area contributed by atoms with Crippen molar-refractivity contribution in [3.63, 3.8) is 0 Å². The second-order valence-corrected chi connectivity index (χ2v) is 5.00. The summed E-state index contributed by atoms with van der Waals surface area (Å²) in [7, 11) is 0. The van der Waals surface area contributed by atoms with Gasteiger partial charge in [0.05, 0.1) is 16.1 Å². The molecule has 2 rings (SSSR count). The van der Waals surface area contributed by atoms with Gasteiger partial charge in [0.1, 0.15) is 0 Å². The van der Waals surface area contributed by atoms with Gasteiger partial charge in [0.15, 0.2) is 0 Å². The van der Waals surface area contributed by atoms with Crippen molar-refractivity contribution in [1.29, 1.82) is 0 Å². The summed E-state index contributed by atoms with van der Waals surface area (Å²) in [5.41, 5.74) is 4.90. The van der Waals surface area contributed by atoms with E-state index in [4.69, 9.17) is 5.73 Å². The van der Waals surface area contributed by atoms with Crippen molar-refractivity contribution in [1.82, 2.24) is 4.90 Å². The van der Waals surface area contributed by atoms with Gasteiger partial charge in [-0.1, -0.05) is 0 Å². The van der Waals surface area contributed by atoms with Gasteiger partial charge in [0, 0.05) is 30.9 Å². The van der Waals surface area contributed by atoms with Crippen molar-refractivity contribution < 1.29 is 14.8 Å². The number of nitrogen functional groups attached to an aromatic ring is 1. The van der Waals surface area contributed by atoms with Crippen LogP contribution in [0.5, 0.6) is 0 Å². The van der Waals surface area contributed by atoms with E-state index in [1.54, 1.807) is 6.92 Å². The van der Waals surface area contributed by atoms with Crippen molar-refractivity contribution >= 4 is 17.3 Å². The minimum absolute atomic E-state index is 0.104. The Morgan fingerprint density at radius 3 is 2.79 bits per heavy atom. The Labute approximate surface area is 109 Å². The first-order valence-corrected chi connectivity index (χ1v) is 5.86. The predicted molar refractivity (Wildman–Crippen MR) is 68.7 cm³/mol. The maximum Gasteiger partial charge on any atom is 0.270 e. The summed E-state index contributed by atoms with van der Waals surface area (Å²) in [5, 5.41) is 20.6. The number of aliphatic hydroxyl groups is 1. The summed E-state index contributed by atoms with van der Waals surface area (Å²) < 4.78 is 0. The van der Waals surface area contributed by atoms with Crippen LogP contribution in [0.4, 0.5) is 11.4 Å². The van der Waals surface area contributed by atoms with Crippen LogP contribution >= 0.6 is 0 Å². The summed E-state index contributed by atoms with van der Waals surface area (Å²) in [6.07, 6.45) is 0.480. The second-order valence-electron chi connectivity index (χ2n) is 5.00. The molecule has 7 nitrogen and oxygen atoms in total. The van der Waals surface area contributed by atoms with Crippen LogP contribution in [0, 0.1) is 10.1 Å². The minimum Gasteiger partial charge on any atom is -0.398 e. The number of nitro groups is 1. The summed E-state index contributed by atoms with van der Waals surface area (Å²) >= 11 is 0. The van der Waals surface area contributed by atoms with Crippen LogP contribution < -0.4 is 5.73 Å². The van der Waals surface area contributed by atoms with Gasteiger partial charge in [0.2, 0.25) is 0 Å². The minimum atomic E-state index is -0.912. The lowest BCUT2D eigenvalue weighted by molar-refractivity contribution is -0.384. The molecule has 1 atom stereocenters. The lowest BCUT2D eigenvalue weighted by Gasteiger charge is -2.19. The normalized spacial score (nSPS) is 22.5. The molecule has 19 heavy (non-hydrogen) atoms. The van der Waals surface area contributed by atoms with Gasteiger partial charge in [0.25, 0.3) is 11.6 Å². The highest BCUT2D eigenvalue weighted by molar-refractivity contribution is 6.00. The van der Waals surface area contributed by atoms with Gasteiger partial charge >= 0.3 is 0 Å². The maximum absolute atomic E-state index is 12.2. The molecule has 1 fully saturated rings. The number of carbonyl (C=O) groups is 1. The number of anilines is 1. The Morgan fingerprint density at radius 1 is 1.58 bits per heavy atom. The van der Waals surface area contributed by atoms with Gasteiger partial charge < -0.3 is 15.7 Å². The van der Waals surface area contributed by atoms with E-state index in [0.717, 1.165) is 0 Å². The largest absolute Gasteiger partial charge is 0.398 e. The molecule has 1 aliphatic heterocycles. The highest BCUT2D eigenvalue weighted by Crippen LogP contribution is 2.26. The van der Waals surface area contributed by atoms with E-state index in [1.807, 2.05) is 0 Å². The zero-order valence-electron chi connectivity index (χ0n) is 10.5. The highest BCUT2D eigenvalue weighted by Gasteiger charge is 2.35. The quantitative estimate of drug-likeness (QED) is 0.466. The van der Waals surface area contributed by atoms with Crippen molar-refractivity contribution in [3.8, 4) is 0 Å². The molecule has 0 aliphatic carbocycles. The topological polar surface area (TPSA) is 110 Å². The molecule has 1 aromatic carbocycles. The molecule has 1 aliphatic rings. The SMILES string of the molecule is CC1(O)CCN(C(=O)c2cc([N+](=O)[O-])ccc2N)C1. The molecule has 1 amide bonds. The number of likely N-dealkylation sites (tertiary alicyclic amines) is 1. The molecular weight excluding hydrogens is 250 g/mol. The first kappa shape index (κ1) is 13.3. The fourth-order valence-corrected chi connectivity index (χ4v) is 2.13. The van der Waals surface area contributed by atoms with Gasteiger partial charge in [-0.05, 0) is 19.4 Å². The number of carbonyl (C=O) groups excluding carboxylic acids is 1. The average molecular weight is 265 g/mol. The van der Waals surface area contributed by atoms with E-state index in [2.05, 4.69) is 0 Å². The number of hydrogen-bond donors (Lipinski definition) is 2. The standard InChI is InChI=1S/C12H15N3O4/c1-12(17)4-5-14(7-12)11(16)9-6-8(15(18)19)2-3-10(9)13/h2-3,6,17H,4-5,7,13H2,1H3. The zero-order chi connectivity index (χ0) is 14.2. The van der Waals surface area contributed by atoms with E-state index in [-0.39, 0.29) is 29.4 Å². The number of amides is 1. The van der Waals surface area contributed by atoms with Crippen LogP contribution in [0.3, 0.4) is 0 Å². The molecular formula is C12H15N3O4. The molecule has 0 bridgehead atoms. The highest BCUT2D eigenvalue weighted by atomic mass is 16.6. The molecule has 7 heteroatoms. The van der Waals surface area contributed by atoms with Crippen LogP contribution in [0.25, 0.3) is 0 Å². The van der Waals surface area contributed by atoms with E-state index in [9.17, 15) is 20.0 Å². The first-order valence-electron chi connectivity index (χ1n) is 5.86. The Hall–Kier alpha value is -2.15. The molecule has 0 saturated carbocycles. The first-order chi connectivity index (χ1) is 8.80. The van der Waals surface area contributed by atoms with Crippen LogP contribution in [-0.4, -0.2) is 39.5 Å². The molecule has 1 heterocycles. The van der Waals surface area contributed by atoms with Gasteiger partial charge in [-0.2, -0.15) is 0 Å². The van der Waals surface area contributed by atoms with E-state index >= 15 is 0 Å². The fraction of sp³-hybridized carbons (Fsp3) is 0.417. The lowest BCUT2D eigenvalue weighted by atomic mass is 10.1. The van der Waals surface area contributed by atoms with Crippen LogP contribution in [0.2, 0.25) is 0 Å². The van der Waals surface area contributed by atoms with Crippen LogP contribution in [0.1, 0.15) is 23.7 Å². The maximum atomic E-state index is 12.2. The van der Waals surface area contributed by atoms with Gasteiger partial charge in [-0.3, -0.25) is 14.9 Å². The molecule has 0 aromatic heterocycles. The van der Waals surface area contributed by atoms with Crippen LogP contribution in [-0.2, 0) is 0 Å². The molecule has 1 unspecified atom stereocenters. The Morgan fingerprint density at radius 2 is 2.26 bits per heavy atom. The number of nitrogens with two attached hydrogens (primary N) is 1. The van der Waals surface area contributed by atoms with Crippen LogP contribution in [0.15, 0.2) is 18.2 Å². The van der Waals surface area contributed by atoms with Crippen molar-refractivity contribution in [3.05, 3.63) is 33.9 Å².